The number of likely N-dealkylation sites (N-methyl/N-ethyl adjacent to an activating group) is 1. The maximum Gasteiger partial charge on any atom is 0.132 e. The first-order valence-corrected chi connectivity index (χ1v) is 4.52. The van der Waals surface area contributed by atoms with E-state index in [1.165, 1.54) is 0 Å². The van der Waals surface area contributed by atoms with Crippen LogP contribution >= 0.6 is 0 Å². The highest BCUT2D eigenvalue weighted by atomic mass is 16.5. The summed E-state index contributed by atoms with van der Waals surface area (Å²) < 4.78 is 6.43. The monoisotopic (exact) mass is 174 g/mol. The number of ether oxygens (including phenoxy) is 1. The van der Waals surface area contributed by atoms with Gasteiger partial charge in [-0.3, -0.25) is 0 Å². The molecular formula is C9H20NO2+. The third-order valence-electron chi connectivity index (χ3n) is 2.14. The first kappa shape index (κ1) is 9.96. The lowest BCUT2D eigenvalue weighted by Crippen LogP contribution is -2.44. The van der Waals surface area contributed by atoms with E-state index >= 15 is 0 Å². The van der Waals surface area contributed by atoms with Crippen LogP contribution in [0.3, 0.4) is 0 Å². The summed E-state index contributed by atoms with van der Waals surface area (Å²) in [6.45, 7) is 2.89. The summed E-state index contributed by atoms with van der Waals surface area (Å²) in [5.74, 6) is 0. The Morgan fingerprint density at radius 1 is 1.42 bits per heavy atom. The Bertz CT molecular complexity index is 153. The van der Waals surface area contributed by atoms with E-state index in [4.69, 9.17) is 4.74 Å². The van der Waals surface area contributed by atoms with Gasteiger partial charge in [0.1, 0.15) is 12.6 Å². The highest BCUT2D eigenvalue weighted by molar-refractivity contribution is 4.79. The molecule has 0 saturated carbocycles. The van der Waals surface area contributed by atoms with Gasteiger partial charge in [0.15, 0.2) is 0 Å². The van der Waals surface area contributed by atoms with Crippen molar-refractivity contribution >= 4 is 0 Å². The fourth-order valence-electron chi connectivity index (χ4n) is 1.64. The molecular weight excluding hydrogens is 154 g/mol. The predicted octanol–water partition coefficient (Wildman–Crippen LogP) is 0.231. The van der Waals surface area contributed by atoms with Gasteiger partial charge in [0.05, 0.1) is 33.4 Å². The summed E-state index contributed by atoms with van der Waals surface area (Å²) in [6.07, 6.45) is 0.763. The van der Waals surface area contributed by atoms with Crippen molar-refractivity contribution in [3.8, 4) is 0 Å². The van der Waals surface area contributed by atoms with E-state index in [0.29, 0.717) is 0 Å². The van der Waals surface area contributed by atoms with Crippen molar-refractivity contribution in [3.05, 3.63) is 0 Å². The van der Waals surface area contributed by atoms with E-state index in [1.54, 1.807) is 0 Å². The average Bonchev–Trinajstić information content (AvgIpc) is 2.06. The van der Waals surface area contributed by atoms with Crippen LogP contribution in [0.5, 0.6) is 0 Å². The smallest absolute Gasteiger partial charge is 0.132 e. The molecule has 3 atom stereocenters. The topological polar surface area (TPSA) is 29.5 Å². The van der Waals surface area contributed by atoms with Crippen LogP contribution in [0.25, 0.3) is 0 Å². The van der Waals surface area contributed by atoms with Crippen LogP contribution in [-0.4, -0.2) is 55.6 Å². The lowest BCUT2D eigenvalue weighted by molar-refractivity contribution is -0.873. The first-order valence-electron chi connectivity index (χ1n) is 4.52. The van der Waals surface area contributed by atoms with E-state index in [1.807, 2.05) is 6.92 Å². The normalized spacial score (nSPS) is 37.2. The lowest BCUT2D eigenvalue weighted by atomic mass is 10.1. The maximum atomic E-state index is 9.59. The number of aliphatic hydroxyl groups is 1. The second kappa shape index (κ2) is 3.32. The SMILES string of the molecule is C[C@H]1C[C@@H](O)[C@@H](C[N+](C)(C)C)O1. The van der Waals surface area contributed by atoms with Crippen molar-refractivity contribution < 1.29 is 14.3 Å². The zero-order chi connectivity index (χ0) is 9.35. The molecule has 0 radical (unpaired) electrons. The summed E-state index contributed by atoms with van der Waals surface area (Å²) in [6, 6.07) is 0. The van der Waals surface area contributed by atoms with Crippen molar-refractivity contribution in [1.82, 2.24) is 0 Å². The Kier molecular flexibility index (Phi) is 2.76. The molecule has 1 N–H and O–H groups in total. The van der Waals surface area contributed by atoms with Gasteiger partial charge in [-0.15, -0.1) is 0 Å². The number of hydrogen-bond donors (Lipinski definition) is 1. The third kappa shape index (κ3) is 2.73. The van der Waals surface area contributed by atoms with E-state index in [2.05, 4.69) is 21.1 Å². The molecule has 1 fully saturated rings. The van der Waals surface area contributed by atoms with Crippen LogP contribution in [-0.2, 0) is 4.74 Å². The van der Waals surface area contributed by atoms with Gasteiger partial charge >= 0.3 is 0 Å². The molecule has 0 aromatic carbocycles. The molecule has 1 heterocycles. The zero-order valence-electron chi connectivity index (χ0n) is 8.45. The number of quaternary nitrogens is 1. The van der Waals surface area contributed by atoms with Crippen molar-refractivity contribution in [2.75, 3.05) is 27.7 Å². The molecule has 72 valence electrons. The Morgan fingerprint density at radius 3 is 2.33 bits per heavy atom. The quantitative estimate of drug-likeness (QED) is 0.607. The van der Waals surface area contributed by atoms with Gasteiger partial charge in [-0.25, -0.2) is 0 Å². The molecule has 1 saturated heterocycles. The lowest BCUT2D eigenvalue weighted by Gasteiger charge is -2.28. The molecule has 0 spiro atoms. The minimum atomic E-state index is -0.266. The Hall–Kier alpha value is -0.120. The van der Waals surface area contributed by atoms with E-state index in [-0.39, 0.29) is 18.3 Å². The van der Waals surface area contributed by atoms with Crippen LogP contribution < -0.4 is 0 Å². The van der Waals surface area contributed by atoms with Gasteiger partial charge in [0.25, 0.3) is 0 Å². The number of aliphatic hydroxyl groups excluding tert-OH is 1. The number of nitrogens with zero attached hydrogens (tertiary/aromatic N) is 1. The standard InChI is InChI=1S/C9H20NO2/c1-7-5-8(11)9(12-7)6-10(2,3)4/h7-9,11H,5-6H2,1-4H3/q+1/t7-,8+,9+/m0/s1. The molecule has 12 heavy (non-hydrogen) atoms. The summed E-state index contributed by atoms with van der Waals surface area (Å²) in [7, 11) is 6.33. The molecule has 0 bridgehead atoms. The highest BCUT2D eigenvalue weighted by Gasteiger charge is 2.34. The van der Waals surface area contributed by atoms with Crippen LogP contribution in [0, 0.1) is 0 Å². The predicted molar refractivity (Wildman–Crippen MR) is 47.9 cm³/mol. The molecule has 1 rings (SSSR count). The number of hydrogen-bond acceptors (Lipinski definition) is 2. The second-order valence-corrected chi connectivity index (χ2v) is 4.76. The Labute approximate surface area is 74.5 Å². The van der Waals surface area contributed by atoms with Crippen molar-refractivity contribution in [1.29, 1.82) is 0 Å². The molecule has 1 aliphatic heterocycles. The second-order valence-electron chi connectivity index (χ2n) is 4.76. The molecule has 3 heteroatoms. The third-order valence-corrected chi connectivity index (χ3v) is 2.14. The van der Waals surface area contributed by atoms with E-state index < -0.39 is 0 Å². The van der Waals surface area contributed by atoms with Crippen molar-refractivity contribution in [2.24, 2.45) is 0 Å². The summed E-state index contributed by atoms with van der Waals surface area (Å²) in [5, 5.41) is 9.59. The van der Waals surface area contributed by atoms with Crippen LogP contribution in [0.15, 0.2) is 0 Å². The minimum absolute atomic E-state index is 0.0278. The summed E-state index contributed by atoms with van der Waals surface area (Å²) in [5.41, 5.74) is 0. The first-order chi connectivity index (χ1) is 5.38. The van der Waals surface area contributed by atoms with E-state index in [0.717, 1.165) is 17.4 Å². The number of rotatable bonds is 2. The Balaban J connectivity index is 2.43. The fraction of sp³-hybridized carbons (Fsp3) is 1.00. The molecule has 3 nitrogen and oxygen atoms in total. The molecule has 0 aromatic rings. The molecule has 0 aliphatic carbocycles. The van der Waals surface area contributed by atoms with Gasteiger partial charge in [-0.05, 0) is 6.92 Å². The van der Waals surface area contributed by atoms with Crippen LogP contribution in [0.4, 0.5) is 0 Å². The minimum Gasteiger partial charge on any atom is -0.390 e. The molecule has 1 aliphatic rings. The molecule has 0 unspecified atom stereocenters. The zero-order valence-corrected chi connectivity index (χ0v) is 8.45. The fourth-order valence-corrected chi connectivity index (χ4v) is 1.64. The molecule has 0 aromatic heterocycles. The van der Waals surface area contributed by atoms with Gasteiger partial charge in [-0.2, -0.15) is 0 Å². The van der Waals surface area contributed by atoms with Crippen molar-refractivity contribution in [3.63, 3.8) is 0 Å². The van der Waals surface area contributed by atoms with Gasteiger partial charge < -0.3 is 14.3 Å². The van der Waals surface area contributed by atoms with E-state index in [9.17, 15) is 5.11 Å². The van der Waals surface area contributed by atoms with Crippen LogP contribution in [0.2, 0.25) is 0 Å². The van der Waals surface area contributed by atoms with Gasteiger partial charge in [0, 0.05) is 6.42 Å². The maximum absolute atomic E-state index is 9.59. The largest absolute Gasteiger partial charge is 0.390 e. The van der Waals surface area contributed by atoms with Gasteiger partial charge in [0.2, 0.25) is 0 Å². The highest BCUT2D eigenvalue weighted by Crippen LogP contribution is 2.21. The van der Waals surface area contributed by atoms with Crippen molar-refractivity contribution in [2.45, 2.75) is 31.7 Å². The summed E-state index contributed by atoms with van der Waals surface area (Å²) >= 11 is 0. The van der Waals surface area contributed by atoms with Gasteiger partial charge in [-0.1, -0.05) is 0 Å². The Morgan fingerprint density at radius 2 is 2.00 bits per heavy atom. The average molecular weight is 174 g/mol. The molecule has 0 amide bonds. The summed E-state index contributed by atoms with van der Waals surface area (Å²) in [4.78, 5) is 0. The van der Waals surface area contributed by atoms with Crippen LogP contribution in [0.1, 0.15) is 13.3 Å².